The Morgan fingerprint density at radius 2 is 2.42 bits per heavy atom. The lowest BCUT2D eigenvalue weighted by Gasteiger charge is -2.34. The quantitative estimate of drug-likeness (QED) is 0.920. The van der Waals surface area contributed by atoms with Crippen LogP contribution in [-0.4, -0.2) is 41.1 Å². The van der Waals surface area contributed by atoms with Gasteiger partial charge in [0.2, 0.25) is 0 Å². The van der Waals surface area contributed by atoms with Crippen LogP contribution in [-0.2, 0) is 7.05 Å². The Hall–Kier alpha value is -1.00. The number of piperidine rings is 1. The Morgan fingerprint density at radius 3 is 2.95 bits per heavy atom. The maximum Gasteiger partial charge on any atom is 0.270 e. The molecule has 0 radical (unpaired) electrons. The molecular formula is C14H22ClN3O. The lowest BCUT2D eigenvalue weighted by atomic mass is 10.1. The summed E-state index contributed by atoms with van der Waals surface area (Å²) in [4.78, 5) is 14.7. The highest BCUT2D eigenvalue weighted by Gasteiger charge is 2.27. The minimum absolute atomic E-state index is 0.0879. The van der Waals surface area contributed by atoms with Crippen molar-refractivity contribution < 1.29 is 4.79 Å². The topological polar surface area (TPSA) is 37.3 Å². The highest BCUT2D eigenvalue weighted by Crippen LogP contribution is 2.18. The molecular weight excluding hydrogens is 262 g/mol. The number of aryl methyl sites for hydroxylation is 1. The summed E-state index contributed by atoms with van der Waals surface area (Å²) >= 11 is 5.97. The van der Waals surface area contributed by atoms with Gasteiger partial charge in [-0.15, -0.1) is 0 Å². The lowest BCUT2D eigenvalue weighted by Crippen LogP contribution is -2.49. The van der Waals surface area contributed by atoms with Gasteiger partial charge in [0.05, 0.1) is 5.02 Å². The van der Waals surface area contributed by atoms with Crippen molar-refractivity contribution in [3.8, 4) is 0 Å². The third-order valence-corrected chi connectivity index (χ3v) is 3.83. The van der Waals surface area contributed by atoms with Crippen molar-refractivity contribution in [1.29, 1.82) is 0 Å². The van der Waals surface area contributed by atoms with E-state index in [2.05, 4.69) is 12.2 Å². The fraction of sp³-hybridized carbons (Fsp3) is 0.643. The van der Waals surface area contributed by atoms with Crippen LogP contribution >= 0.6 is 11.6 Å². The van der Waals surface area contributed by atoms with Gasteiger partial charge in [-0.05, 0) is 31.9 Å². The first-order chi connectivity index (χ1) is 9.13. The summed E-state index contributed by atoms with van der Waals surface area (Å²) in [5.41, 5.74) is 0.670. The van der Waals surface area contributed by atoms with Crippen LogP contribution < -0.4 is 5.32 Å². The van der Waals surface area contributed by atoms with E-state index in [-0.39, 0.29) is 5.91 Å². The van der Waals surface area contributed by atoms with Gasteiger partial charge in [0.25, 0.3) is 5.91 Å². The van der Waals surface area contributed by atoms with E-state index in [1.165, 1.54) is 0 Å². The zero-order chi connectivity index (χ0) is 13.8. The summed E-state index contributed by atoms with van der Waals surface area (Å²) in [5.74, 6) is 0.0879. The molecule has 0 aliphatic carbocycles. The van der Waals surface area contributed by atoms with Crippen molar-refractivity contribution in [2.45, 2.75) is 32.2 Å². The van der Waals surface area contributed by atoms with Crippen LogP contribution in [0.15, 0.2) is 12.3 Å². The number of nitrogens with zero attached hydrogens (tertiary/aromatic N) is 2. The molecule has 19 heavy (non-hydrogen) atoms. The van der Waals surface area contributed by atoms with Gasteiger partial charge in [-0.3, -0.25) is 4.79 Å². The first kappa shape index (κ1) is 14.4. The standard InChI is InChI=1S/C14H22ClN3O/c1-3-7-18(12-5-4-6-16-9-12)14(19)13-8-11(15)10-17(13)2/h8,10,12,16H,3-7,9H2,1-2H3. The number of amides is 1. The van der Waals surface area contributed by atoms with Crippen LogP contribution in [0, 0.1) is 0 Å². The van der Waals surface area contributed by atoms with E-state index in [0.717, 1.165) is 38.9 Å². The molecule has 0 bridgehead atoms. The highest BCUT2D eigenvalue weighted by molar-refractivity contribution is 6.31. The van der Waals surface area contributed by atoms with E-state index >= 15 is 0 Å². The van der Waals surface area contributed by atoms with Crippen molar-refractivity contribution in [2.24, 2.45) is 7.05 Å². The van der Waals surface area contributed by atoms with Crippen LogP contribution in [0.4, 0.5) is 0 Å². The Balaban J connectivity index is 2.17. The smallest absolute Gasteiger partial charge is 0.270 e. The van der Waals surface area contributed by atoms with Crippen molar-refractivity contribution in [3.05, 3.63) is 23.0 Å². The lowest BCUT2D eigenvalue weighted by molar-refractivity contribution is 0.0639. The number of hydrogen-bond donors (Lipinski definition) is 1. The highest BCUT2D eigenvalue weighted by atomic mass is 35.5. The molecule has 2 heterocycles. The predicted molar refractivity (Wildman–Crippen MR) is 77.6 cm³/mol. The van der Waals surface area contributed by atoms with E-state index in [9.17, 15) is 4.79 Å². The average molecular weight is 284 g/mol. The van der Waals surface area contributed by atoms with E-state index < -0.39 is 0 Å². The molecule has 5 heteroatoms. The zero-order valence-electron chi connectivity index (χ0n) is 11.7. The fourth-order valence-corrected chi connectivity index (χ4v) is 2.92. The van der Waals surface area contributed by atoms with Crippen molar-refractivity contribution in [2.75, 3.05) is 19.6 Å². The molecule has 1 atom stereocenters. The van der Waals surface area contributed by atoms with Gasteiger partial charge < -0.3 is 14.8 Å². The second kappa shape index (κ2) is 6.44. The van der Waals surface area contributed by atoms with Gasteiger partial charge in [-0.25, -0.2) is 0 Å². The summed E-state index contributed by atoms with van der Waals surface area (Å²) in [6, 6.07) is 2.05. The maximum absolute atomic E-state index is 12.7. The summed E-state index contributed by atoms with van der Waals surface area (Å²) in [6.07, 6.45) is 4.96. The molecule has 0 spiro atoms. The maximum atomic E-state index is 12.7. The molecule has 0 saturated carbocycles. The van der Waals surface area contributed by atoms with Crippen LogP contribution in [0.5, 0.6) is 0 Å². The Morgan fingerprint density at radius 1 is 1.63 bits per heavy atom. The van der Waals surface area contributed by atoms with Crippen molar-refractivity contribution >= 4 is 17.5 Å². The summed E-state index contributed by atoms with van der Waals surface area (Å²) in [7, 11) is 1.86. The van der Waals surface area contributed by atoms with Crippen molar-refractivity contribution in [3.63, 3.8) is 0 Å². The molecule has 1 amide bonds. The molecule has 1 aliphatic heterocycles. The molecule has 1 aromatic rings. The molecule has 1 aromatic heterocycles. The van der Waals surface area contributed by atoms with Crippen molar-refractivity contribution in [1.82, 2.24) is 14.8 Å². The summed E-state index contributed by atoms with van der Waals surface area (Å²) < 4.78 is 1.81. The third-order valence-electron chi connectivity index (χ3n) is 3.63. The number of nitrogens with one attached hydrogen (secondary N) is 1. The normalized spacial score (nSPS) is 19.4. The number of carbonyl (C=O) groups excluding carboxylic acids is 1. The molecule has 1 aliphatic rings. The number of carbonyl (C=O) groups is 1. The van der Waals surface area contributed by atoms with Crippen LogP contribution in [0.2, 0.25) is 5.02 Å². The largest absolute Gasteiger partial charge is 0.345 e. The van der Waals surface area contributed by atoms with E-state index in [1.807, 2.05) is 16.5 Å². The van der Waals surface area contributed by atoms with Crippen LogP contribution in [0.1, 0.15) is 36.7 Å². The molecule has 106 valence electrons. The summed E-state index contributed by atoms with van der Waals surface area (Å²) in [5, 5.41) is 3.99. The monoisotopic (exact) mass is 283 g/mol. The van der Waals surface area contributed by atoms with Gasteiger partial charge in [-0.2, -0.15) is 0 Å². The number of rotatable bonds is 4. The number of aromatic nitrogens is 1. The third kappa shape index (κ3) is 3.31. The van der Waals surface area contributed by atoms with Gasteiger partial charge in [-0.1, -0.05) is 18.5 Å². The first-order valence-corrected chi connectivity index (χ1v) is 7.34. The Bertz CT molecular complexity index is 438. The number of hydrogen-bond acceptors (Lipinski definition) is 2. The SMILES string of the molecule is CCCN(C(=O)c1cc(Cl)cn1C)C1CCCNC1. The van der Waals surface area contributed by atoms with E-state index in [1.54, 1.807) is 12.3 Å². The minimum Gasteiger partial charge on any atom is -0.345 e. The molecule has 1 N–H and O–H groups in total. The second-order valence-corrected chi connectivity index (χ2v) is 5.59. The van der Waals surface area contributed by atoms with E-state index in [0.29, 0.717) is 16.8 Å². The van der Waals surface area contributed by atoms with Crippen LogP contribution in [0.3, 0.4) is 0 Å². The minimum atomic E-state index is 0.0879. The average Bonchev–Trinajstić information content (AvgIpc) is 2.75. The first-order valence-electron chi connectivity index (χ1n) is 6.97. The van der Waals surface area contributed by atoms with Gasteiger partial charge in [0.1, 0.15) is 5.69 Å². The molecule has 4 nitrogen and oxygen atoms in total. The molecule has 2 rings (SSSR count). The van der Waals surface area contributed by atoms with Crippen LogP contribution in [0.25, 0.3) is 0 Å². The van der Waals surface area contributed by atoms with Gasteiger partial charge in [0.15, 0.2) is 0 Å². The molecule has 1 saturated heterocycles. The molecule has 0 aromatic carbocycles. The summed E-state index contributed by atoms with van der Waals surface area (Å²) in [6.45, 7) is 4.85. The Labute approximate surface area is 119 Å². The molecule has 1 unspecified atom stereocenters. The Kier molecular flexibility index (Phi) is 4.88. The van der Waals surface area contributed by atoms with Gasteiger partial charge in [0, 0.05) is 32.4 Å². The van der Waals surface area contributed by atoms with Gasteiger partial charge >= 0.3 is 0 Å². The predicted octanol–water partition coefficient (Wildman–Crippen LogP) is 2.28. The fourth-order valence-electron chi connectivity index (χ4n) is 2.67. The zero-order valence-corrected chi connectivity index (χ0v) is 12.4. The second-order valence-electron chi connectivity index (χ2n) is 5.15. The number of halogens is 1. The molecule has 1 fully saturated rings. The van der Waals surface area contributed by atoms with E-state index in [4.69, 9.17) is 11.6 Å².